The van der Waals surface area contributed by atoms with Crippen LogP contribution >= 0.6 is 0 Å². The molecule has 4 aromatic rings. The molecular weight excluding hydrogens is 390 g/mol. The van der Waals surface area contributed by atoms with E-state index in [4.69, 9.17) is 4.74 Å². The fourth-order valence-electron chi connectivity index (χ4n) is 3.51. The maximum atomic E-state index is 12.1. The number of benzene rings is 2. The second-order valence-electron chi connectivity index (χ2n) is 7.09. The number of hydrogen-bond donors (Lipinski definition) is 2. The number of methoxy groups -OCH3 is 1. The van der Waals surface area contributed by atoms with E-state index < -0.39 is 6.03 Å². The molecule has 2 N–H and O–H groups in total. The summed E-state index contributed by atoms with van der Waals surface area (Å²) in [5.41, 5.74) is 8.19. The molecular formula is C24H23N5O2. The van der Waals surface area contributed by atoms with Crippen LogP contribution in [0.25, 0.3) is 16.6 Å². The van der Waals surface area contributed by atoms with E-state index in [0.29, 0.717) is 5.69 Å². The van der Waals surface area contributed by atoms with E-state index in [1.807, 2.05) is 38.1 Å². The number of fused-ring (bicyclic) bond motifs is 1. The quantitative estimate of drug-likeness (QED) is 0.364. The zero-order valence-corrected chi connectivity index (χ0v) is 17.6. The maximum absolute atomic E-state index is 12.1. The summed E-state index contributed by atoms with van der Waals surface area (Å²) in [5.74, 6) is 0.724. The van der Waals surface area contributed by atoms with Gasteiger partial charge in [0.15, 0.2) is 0 Å². The van der Waals surface area contributed by atoms with Gasteiger partial charge in [0.1, 0.15) is 5.75 Å². The van der Waals surface area contributed by atoms with Gasteiger partial charge in [0.2, 0.25) is 0 Å². The molecule has 0 atom stereocenters. The Balaban J connectivity index is 1.47. The van der Waals surface area contributed by atoms with E-state index in [2.05, 4.69) is 37.5 Å². The molecule has 0 aliphatic rings. The normalized spacial score (nSPS) is 11.1. The molecule has 0 spiro atoms. The molecule has 0 saturated heterocycles. The minimum absolute atomic E-state index is 0.419. The summed E-state index contributed by atoms with van der Waals surface area (Å²) in [6, 6.07) is 18.8. The number of carbonyl (C=O) groups excluding carboxylic acids is 1. The summed E-state index contributed by atoms with van der Waals surface area (Å²) in [5, 5.41) is 7.90. The van der Waals surface area contributed by atoms with Gasteiger partial charge in [-0.05, 0) is 68.4 Å². The summed E-state index contributed by atoms with van der Waals surface area (Å²) < 4.78 is 7.26. The topological polar surface area (TPSA) is 80.5 Å². The van der Waals surface area contributed by atoms with Crippen LogP contribution in [0.2, 0.25) is 0 Å². The number of carbonyl (C=O) groups is 1. The van der Waals surface area contributed by atoms with Crippen LogP contribution in [0.15, 0.2) is 72.0 Å². The molecule has 0 radical (unpaired) electrons. The van der Waals surface area contributed by atoms with Gasteiger partial charge in [0.05, 0.1) is 18.8 Å². The van der Waals surface area contributed by atoms with Crippen molar-refractivity contribution in [2.75, 3.05) is 12.4 Å². The minimum Gasteiger partial charge on any atom is -0.497 e. The number of rotatable bonds is 5. The third kappa shape index (κ3) is 4.40. The highest BCUT2D eigenvalue weighted by Crippen LogP contribution is 2.23. The zero-order valence-electron chi connectivity index (χ0n) is 17.6. The van der Waals surface area contributed by atoms with Crippen LogP contribution in [0, 0.1) is 13.8 Å². The number of hydrazone groups is 1. The van der Waals surface area contributed by atoms with E-state index in [-0.39, 0.29) is 0 Å². The van der Waals surface area contributed by atoms with Crippen molar-refractivity contribution < 1.29 is 9.53 Å². The Bertz CT molecular complexity index is 1260. The predicted molar refractivity (Wildman–Crippen MR) is 123 cm³/mol. The first kappa shape index (κ1) is 20.2. The van der Waals surface area contributed by atoms with Crippen molar-refractivity contribution in [3.05, 3.63) is 83.8 Å². The number of nitrogens with zero attached hydrogens (tertiary/aromatic N) is 3. The Morgan fingerprint density at radius 1 is 1.10 bits per heavy atom. The van der Waals surface area contributed by atoms with Gasteiger partial charge in [-0.1, -0.05) is 6.07 Å². The molecule has 0 saturated carbocycles. The number of hydrogen-bond acceptors (Lipinski definition) is 4. The highest BCUT2D eigenvalue weighted by atomic mass is 16.5. The maximum Gasteiger partial charge on any atom is 0.339 e. The number of urea groups is 1. The Labute approximate surface area is 180 Å². The van der Waals surface area contributed by atoms with Crippen LogP contribution in [0.1, 0.15) is 17.0 Å². The second kappa shape index (κ2) is 8.71. The van der Waals surface area contributed by atoms with Crippen molar-refractivity contribution in [2.24, 2.45) is 5.10 Å². The third-order valence-electron chi connectivity index (χ3n) is 5.03. The van der Waals surface area contributed by atoms with Crippen molar-refractivity contribution in [1.82, 2.24) is 15.0 Å². The molecule has 0 unspecified atom stereocenters. The lowest BCUT2D eigenvalue weighted by Gasteiger charge is -2.10. The Kier molecular flexibility index (Phi) is 5.66. The number of amides is 2. The average Bonchev–Trinajstić information content (AvgIpc) is 3.07. The molecule has 156 valence electrons. The molecule has 2 amide bonds. The fraction of sp³-hybridized carbons (Fsp3) is 0.125. The van der Waals surface area contributed by atoms with Gasteiger partial charge in [-0.25, -0.2) is 10.2 Å². The zero-order chi connectivity index (χ0) is 21.8. The summed E-state index contributed by atoms with van der Waals surface area (Å²) in [6.07, 6.45) is 3.44. The summed E-state index contributed by atoms with van der Waals surface area (Å²) in [7, 11) is 1.60. The molecule has 0 aliphatic carbocycles. The average molecular weight is 413 g/mol. The summed E-state index contributed by atoms with van der Waals surface area (Å²) in [6.45, 7) is 4.07. The second-order valence-corrected chi connectivity index (χ2v) is 7.09. The van der Waals surface area contributed by atoms with Gasteiger partial charge in [0.25, 0.3) is 0 Å². The van der Waals surface area contributed by atoms with E-state index in [0.717, 1.165) is 39.3 Å². The van der Waals surface area contributed by atoms with Crippen molar-refractivity contribution in [2.45, 2.75) is 13.8 Å². The van der Waals surface area contributed by atoms with Crippen molar-refractivity contribution in [1.29, 1.82) is 0 Å². The molecule has 4 rings (SSSR count). The Hall–Kier alpha value is -4.13. The minimum atomic E-state index is -0.419. The monoisotopic (exact) mass is 413 g/mol. The summed E-state index contributed by atoms with van der Waals surface area (Å²) in [4.78, 5) is 16.5. The van der Waals surface area contributed by atoms with Crippen molar-refractivity contribution >= 4 is 28.8 Å². The smallest absolute Gasteiger partial charge is 0.339 e. The van der Waals surface area contributed by atoms with E-state index in [1.165, 1.54) is 0 Å². The van der Waals surface area contributed by atoms with Crippen molar-refractivity contribution in [3.8, 4) is 11.4 Å². The molecule has 31 heavy (non-hydrogen) atoms. The highest BCUT2D eigenvalue weighted by molar-refractivity contribution is 5.90. The number of anilines is 1. The Morgan fingerprint density at radius 2 is 1.90 bits per heavy atom. The molecule has 2 aromatic carbocycles. The number of aryl methyl sites for hydroxylation is 1. The van der Waals surface area contributed by atoms with E-state index in [9.17, 15) is 4.79 Å². The highest BCUT2D eigenvalue weighted by Gasteiger charge is 2.10. The molecule has 0 aliphatic heterocycles. The fourth-order valence-corrected chi connectivity index (χ4v) is 3.51. The molecule has 0 fully saturated rings. The van der Waals surface area contributed by atoms with Crippen LogP contribution in [0.5, 0.6) is 5.75 Å². The molecule has 2 heterocycles. The van der Waals surface area contributed by atoms with Gasteiger partial charge in [0, 0.05) is 39.9 Å². The van der Waals surface area contributed by atoms with Gasteiger partial charge in [-0.3, -0.25) is 4.98 Å². The number of ether oxygens (including phenoxy) is 1. The number of nitrogens with one attached hydrogen (secondary N) is 2. The van der Waals surface area contributed by atoms with Gasteiger partial charge >= 0.3 is 6.03 Å². The first-order valence-corrected chi connectivity index (χ1v) is 9.83. The molecule has 0 bridgehead atoms. The number of pyridine rings is 1. The first-order valence-electron chi connectivity index (χ1n) is 9.83. The largest absolute Gasteiger partial charge is 0.497 e. The van der Waals surface area contributed by atoms with Gasteiger partial charge in [-0.2, -0.15) is 5.10 Å². The molecule has 2 aromatic heterocycles. The van der Waals surface area contributed by atoms with Crippen LogP contribution in [-0.2, 0) is 0 Å². The van der Waals surface area contributed by atoms with Crippen LogP contribution in [0.3, 0.4) is 0 Å². The predicted octanol–water partition coefficient (Wildman–Crippen LogP) is 4.81. The Morgan fingerprint density at radius 3 is 2.68 bits per heavy atom. The lowest BCUT2D eigenvalue weighted by molar-refractivity contribution is 0.252. The molecule has 7 heteroatoms. The van der Waals surface area contributed by atoms with E-state index >= 15 is 0 Å². The summed E-state index contributed by atoms with van der Waals surface area (Å²) >= 11 is 0. The molecule has 7 nitrogen and oxygen atoms in total. The SMILES string of the molecule is COc1ccc(NC(=O)N/N=C/c2cc(C)n(-c3ccc4ncccc4c3)c2C)cc1. The van der Waals surface area contributed by atoms with Gasteiger partial charge < -0.3 is 14.6 Å². The van der Waals surface area contributed by atoms with Crippen LogP contribution in [-0.4, -0.2) is 28.9 Å². The van der Waals surface area contributed by atoms with Crippen LogP contribution in [0.4, 0.5) is 10.5 Å². The van der Waals surface area contributed by atoms with Crippen molar-refractivity contribution in [3.63, 3.8) is 0 Å². The lowest BCUT2D eigenvalue weighted by Crippen LogP contribution is -2.24. The lowest BCUT2D eigenvalue weighted by atomic mass is 10.2. The van der Waals surface area contributed by atoms with E-state index in [1.54, 1.807) is 43.8 Å². The first-order chi connectivity index (χ1) is 15.0. The third-order valence-corrected chi connectivity index (χ3v) is 5.03. The van der Waals surface area contributed by atoms with Gasteiger partial charge in [-0.15, -0.1) is 0 Å². The van der Waals surface area contributed by atoms with Crippen LogP contribution < -0.4 is 15.5 Å². The standard InChI is InChI=1S/C24H23N5O2/c1-16-13-19(15-26-28-24(30)27-20-6-9-22(31-3)10-7-20)17(2)29(16)21-8-11-23-18(14-21)5-4-12-25-23/h4-15H,1-3H3,(H2,27,28,30)/b26-15+. The number of aromatic nitrogens is 2.